The number of methoxy groups -OCH3 is 1. The Bertz CT molecular complexity index is 742. The molecule has 0 aromatic heterocycles. The standard InChI is InChI=1S/C15H14N2O5S/c1-3-6-17-14(21)9(13(20)16-15(17)23)7-8-4-5-10(22-2)12(19)11(8)18/h3-5,7,18-19H,1,6H2,2H3,(H,16,20,23). The molecule has 1 heterocycles. The molecule has 1 aromatic rings. The summed E-state index contributed by atoms with van der Waals surface area (Å²) in [5.74, 6) is -2.22. The van der Waals surface area contributed by atoms with Gasteiger partial charge in [0, 0.05) is 12.1 Å². The number of thiocarbonyl (C=S) groups is 1. The fourth-order valence-corrected chi connectivity index (χ4v) is 2.25. The summed E-state index contributed by atoms with van der Waals surface area (Å²) < 4.78 is 4.86. The highest BCUT2D eigenvalue weighted by Crippen LogP contribution is 2.38. The zero-order valence-electron chi connectivity index (χ0n) is 12.2. The molecule has 0 spiro atoms. The van der Waals surface area contributed by atoms with Crippen LogP contribution < -0.4 is 10.1 Å². The molecular formula is C15H14N2O5S. The first-order valence-electron chi connectivity index (χ1n) is 6.49. The summed E-state index contributed by atoms with van der Waals surface area (Å²) in [6, 6.07) is 2.81. The zero-order valence-corrected chi connectivity index (χ0v) is 13.0. The molecule has 1 aromatic carbocycles. The van der Waals surface area contributed by atoms with Crippen LogP contribution in [0, 0.1) is 0 Å². The maximum absolute atomic E-state index is 12.4. The van der Waals surface area contributed by atoms with Gasteiger partial charge in [-0.25, -0.2) is 0 Å². The topological polar surface area (TPSA) is 99.1 Å². The third-order valence-corrected chi connectivity index (χ3v) is 3.49. The number of benzene rings is 1. The van der Waals surface area contributed by atoms with Crippen LogP contribution in [0.15, 0.2) is 30.4 Å². The molecule has 1 fully saturated rings. The predicted octanol–water partition coefficient (Wildman–Crippen LogP) is 0.919. The van der Waals surface area contributed by atoms with Crippen molar-refractivity contribution in [3.8, 4) is 17.2 Å². The molecule has 0 unspecified atom stereocenters. The molecular weight excluding hydrogens is 320 g/mol. The van der Waals surface area contributed by atoms with Crippen molar-refractivity contribution in [2.24, 2.45) is 0 Å². The fourth-order valence-electron chi connectivity index (χ4n) is 2.00. The Kier molecular flexibility index (Phi) is 4.65. The molecule has 1 aliphatic heterocycles. The van der Waals surface area contributed by atoms with E-state index in [1.165, 1.54) is 31.4 Å². The fraction of sp³-hybridized carbons (Fsp3) is 0.133. The van der Waals surface area contributed by atoms with Gasteiger partial charge in [-0.1, -0.05) is 6.08 Å². The van der Waals surface area contributed by atoms with Crippen LogP contribution in [0.25, 0.3) is 6.08 Å². The third-order valence-electron chi connectivity index (χ3n) is 3.16. The number of phenolic OH excluding ortho intramolecular Hbond substituents is 2. The van der Waals surface area contributed by atoms with Crippen molar-refractivity contribution in [2.75, 3.05) is 13.7 Å². The number of nitrogens with one attached hydrogen (secondary N) is 1. The van der Waals surface area contributed by atoms with Gasteiger partial charge in [-0.15, -0.1) is 6.58 Å². The van der Waals surface area contributed by atoms with Crippen LogP contribution in [0.3, 0.4) is 0 Å². The van der Waals surface area contributed by atoms with E-state index in [9.17, 15) is 19.8 Å². The first kappa shape index (κ1) is 16.5. The number of carbonyl (C=O) groups is 2. The van der Waals surface area contributed by atoms with Crippen molar-refractivity contribution < 1.29 is 24.5 Å². The van der Waals surface area contributed by atoms with E-state index < -0.39 is 23.3 Å². The summed E-state index contributed by atoms with van der Waals surface area (Å²) in [7, 11) is 1.33. The van der Waals surface area contributed by atoms with Gasteiger partial charge in [0.2, 0.25) is 5.75 Å². The van der Waals surface area contributed by atoms with Crippen molar-refractivity contribution >= 4 is 35.2 Å². The van der Waals surface area contributed by atoms with Crippen LogP contribution >= 0.6 is 12.2 Å². The minimum atomic E-state index is -0.685. The van der Waals surface area contributed by atoms with Gasteiger partial charge in [0.1, 0.15) is 5.57 Å². The zero-order chi connectivity index (χ0) is 17.1. The second-order valence-corrected chi connectivity index (χ2v) is 4.96. The largest absolute Gasteiger partial charge is 0.504 e. The van der Waals surface area contributed by atoms with Crippen LogP contribution in [0.5, 0.6) is 17.2 Å². The van der Waals surface area contributed by atoms with Gasteiger partial charge in [0.25, 0.3) is 11.8 Å². The minimum Gasteiger partial charge on any atom is -0.504 e. The van der Waals surface area contributed by atoms with E-state index >= 15 is 0 Å². The van der Waals surface area contributed by atoms with Crippen LogP contribution in [0.2, 0.25) is 0 Å². The highest BCUT2D eigenvalue weighted by molar-refractivity contribution is 7.80. The van der Waals surface area contributed by atoms with Gasteiger partial charge < -0.3 is 14.9 Å². The molecule has 0 radical (unpaired) electrons. The third kappa shape index (κ3) is 3.02. The molecule has 1 aliphatic rings. The molecule has 1 saturated heterocycles. The number of rotatable bonds is 4. The second kappa shape index (κ2) is 6.49. The van der Waals surface area contributed by atoms with Gasteiger partial charge in [0.05, 0.1) is 7.11 Å². The Morgan fingerprint density at radius 1 is 1.35 bits per heavy atom. The number of carbonyl (C=O) groups excluding carboxylic acids is 2. The van der Waals surface area contributed by atoms with Crippen LogP contribution in [0.1, 0.15) is 5.56 Å². The Hall–Kier alpha value is -2.87. The van der Waals surface area contributed by atoms with Crippen molar-refractivity contribution in [3.05, 3.63) is 35.9 Å². The number of ether oxygens (including phenoxy) is 1. The first-order chi connectivity index (χ1) is 10.9. The lowest BCUT2D eigenvalue weighted by molar-refractivity contribution is -0.128. The first-order valence-corrected chi connectivity index (χ1v) is 6.90. The van der Waals surface area contributed by atoms with E-state index in [1.54, 1.807) is 0 Å². The molecule has 2 rings (SSSR count). The molecule has 23 heavy (non-hydrogen) atoms. The summed E-state index contributed by atoms with van der Waals surface area (Å²) in [5.41, 5.74) is -0.131. The molecule has 0 aliphatic carbocycles. The molecule has 3 N–H and O–H groups in total. The highest BCUT2D eigenvalue weighted by Gasteiger charge is 2.32. The molecule has 0 saturated carbocycles. The quantitative estimate of drug-likeness (QED) is 0.249. The number of phenols is 2. The Labute approximate surface area is 137 Å². The van der Waals surface area contributed by atoms with E-state index in [1.807, 2.05) is 0 Å². The van der Waals surface area contributed by atoms with E-state index in [4.69, 9.17) is 17.0 Å². The average molecular weight is 334 g/mol. The normalized spacial score (nSPS) is 16.5. The lowest BCUT2D eigenvalue weighted by Crippen LogP contribution is -2.53. The smallest absolute Gasteiger partial charge is 0.265 e. The molecule has 2 amide bonds. The number of nitrogens with zero attached hydrogens (tertiary/aromatic N) is 1. The van der Waals surface area contributed by atoms with Crippen molar-refractivity contribution in [1.82, 2.24) is 10.2 Å². The van der Waals surface area contributed by atoms with E-state index in [0.29, 0.717) is 0 Å². The lowest BCUT2D eigenvalue weighted by atomic mass is 10.1. The Morgan fingerprint density at radius 3 is 2.65 bits per heavy atom. The van der Waals surface area contributed by atoms with Gasteiger partial charge >= 0.3 is 0 Å². The van der Waals surface area contributed by atoms with E-state index in [2.05, 4.69) is 11.9 Å². The van der Waals surface area contributed by atoms with Gasteiger partial charge in [-0.05, 0) is 30.4 Å². The molecule has 7 nitrogen and oxygen atoms in total. The monoisotopic (exact) mass is 334 g/mol. The number of hydrogen-bond donors (Lipinski definition) is 3. The number of amides is 2. The predicted molar refractivity (Wildman–Crippen MR) is 87.0 cm³/mol. The van der Waals surface area contributed by atoms with E-state index in [0.717, 1.165) is 4.90 Å². The maximum Gasteiger partial charge on any atom is 0.265 e. The molecule has 120 valence electrons. The summed E-state index contributed by atoms with van der Waals surface area (Å²) in [5, 5.41) is 22.1. The van der Waals surface area contributed by atoms with Crippen molar-refractivity contribution in [2.45, 2.75) is 0 Å². The molecule has 8 heteroatoms. The van der Waals surface area contributed by atoms with Crippen LogP contribution in [0.4, 0.5) is 0 Å². The maximum atomic E-state index is 12.4. The summed E-state index contributed by atoms with van der Waals surface area (Å²) in [6.07, 6.45) is 2.64. The summed E-state index contributed by atoms with van der Waals surface area (Å²) in [4.78, 5) is 25.5. The second-order valence-electron chi connectivity index (χ2n) is 4.58. The Balaban J connectivity index is 2.47. The Morgan fingerprint density at radius 2 is 2.04 bits per heavy atom. The molecule has 0 atom stereocenters. The summed E-state index contributed by atoms with van der Waals surface area (Å²) >= 11 is 4.94. The summed E-state index contributed by atoms with van der Waals surface area (Å²) in [6.45, 7) is 3.66. The molecule has 0 bridgehead atoms. The van der Waals surface area contributed by atoms with Gasteiger partial charge in [-0.2, -0.15) is 0 Å². The SMILES string of the molecule is C=CCN1C(=O)C(=Cc2ccc(OC)c(O)c2O)C(=O)NC1=S. The van der Waals surface area contributed by atoms with Gasteiger partial charge in [-0.3, -0.25) is 19.8 Å². The van der Waals surface area contributed by atoms with E-state index in [-0.39, 0.29) is 28.5 Å². The highest BCUT2D eigenvalue weighted by atomic mass is 32.1. The van der Waals surface area contributed by atoms with Crippen molar-refractivity contribution in [1.29, 1.82) is 0 Å². The number of hydrogen-bond acceptors (Lipinski definition) is 6. The van der Waals surface area contributed by atoms with Crippen LogP contribution in [-0.2, 0) is 9.59 Å². The number of aromatic hydroxyl groups is 2. The van der Waals surface area contributed by atoms with Crippen molar-refractivity contribution in [3.63, 3.8) is 0 Å². The van der Waals surface area contributed by atoms with Gasteiger partial charge in [0.15, 0.2) is 16.6 Å². The average Bonchev–Trinajstić information content (AvgIpc) is 2.52. The lowest BCUT2D eigenvalue weighted by Gasteiger charge is -2.27. The minimum absolute atomic E-state index is 0.0150. The van der Waals surface area contributed by atoms with Crippen LogP contribution in [-0.4, -0.2) is 45.7 Å².